The Balaban J connectivity index is 1.76. The van der Waals surface area contributed by atoms with Gasteiger partial charge in [-0.15, -0.1) is 0 Å². The van der Waals surface area contributed by atoms with Crippen LogP contribution in [-0.2, 0) is 9.47 Å². The van der Waals surface area contributed by atoms with Gasteiger partial charge in [-0.1, -0.05) is 0 Å². The minimum absolute atomic E-state index is 0.319. The summed E-state index contributed by atoms with van der Waals surface area (Å²) in [6.07, 6.45) is 0.829. The molecule has 3 unspecified atom stereocenters. The maximum absolute atomic E-state index is 11.7. The molecule has 5 nitrogen and oxygen atoms in total. The molecule has 0 aromatic heterocycles. The number of carbonyl (C=O) groups is 1. The predicted octanol–water partition coefficient (Wildman–Crippen LogP) is 1.38. The highest BCUT2D eigenvalue weighted by Gasteiger charge is 2.35. The van der Waals surface area contributed by atoms with Gasteiger partial charge in [0.15, 0.2) is 0 Å². The molecule has 2 saturated heterocycles. The number of rotatable bonds is 3. The molecule has 0 saturated carbocycles. The summed E-state index contributed by atoms with van der Waals surface area (Å²) in [6.45, 7) is 10.1. The molecule has 0 aliphatic carbocycles. The van der Waals surface area contributed by atoms with Crippen LogP contribution in [0.4, 0.5) is 4.79 Å². The van der Waals surface area contributed by atoms with Crippen molar-refractivity contribution in [2.75, 3.05) is 32.8 Å². The third-order valence-corrected chi connectivity index (χ3v) is 3.87. The molecule has 3 atom stereocenters. The highest BCUT2D eigenvalue weighted by atomic mass is 16.6. The van der Waals surface area contributed by atoms with Gasteiger partial charge in [-0.2, -0.15) is 0 Å². The van der Waals surface area contributed by atoms with E-state index >= 15 is 0 Å². The molecular formula is C14H26N2O3. The third-order valence-electron chi connectivity index (χ3n) is 3.87. The minimum Gasteiger partial charge on any atom is -0.444 e. The summed E-state index contributed by atoms with van der Waals surface area (Å²) in [5, 5.41) is 6.32. The van der Waals surface area contributed by atoms with Crippen molar-refractivity contribution in [1.82, 2.24) is 10.6 Å². The van der Waals surface area contributed by atoms with Crippen LogP contribution in [-0.4, -0.2) is 44.5 Å². The average molecular weight is 270 g/mol. The first-order valence-electron chi connectivity index (χ1n) is 7.21. The minimum atomic E-state index is -0.434. The zero-order valence-corrected chi connectivity index (χ0v) is 12.2. The summed E-state index contributed by atoms with van der Waals surface area (Å²) in [5.41, 5.74) is -0.434. The summed E-state index contributed by atoms with van der Waals surface area (Å²) in [4.78, 5) is 11.7. The lowest BCUT2D eigenvalue weighted by Gasteiger charge is -2.25. The molecule has 2 heterocycles. The number of ether oxygens (including phenoxy) is 2. The maximum atomic E-state index is 11.7. The van der Waals surface area contributed by atoms with E-state index in [1.54, 1.807) is 0 Å². The molecular weight excluding hydrogens is 244 g/mol. The van der Waals surface area contributed by atoms with Crippen molar-refractivity contribution in [3.05, 3.63) is 0 Å². The molecule has 2 aliphatic rings. The smallest absolute Gasteiger partial charge is 0.407 e. The van der Waals surface area contributed by atoms with E-state index < -0.39 is 5.60 Å². The topological polar surface area (TPSA) is 59.6 Å². The summed E-state index contributed by atoms with van der Waals surface area (Å²) in [6, 6.07) is 0. The Kier molecular flexibility index (Phi) is 4.68. The quantitative estimate of drug-likeness (QED) is 0.813. The molecule has 1 amide bonds. The van der Waals surface area contributed by atoms with Gasteiger partial charge < -0.3 is 20.1 Å². The molecule has 0 aromatic rings. The van der Waals surface area contributed by atoms with Crippen molar-refractivity contribution in [3.8, 4) is 0 Å². The Morgan fingerprint density at radius 3 is 2.84 bits per heavy atom. The molecule has 110 valence electrons. The Morgan fingerprint density at radius 2 is 2.21 bits per heavy atom. The van der Waals surface area contributed by atoms with Gasteiger partial charge in [0, 0.05) is 19.8 Å². The Hall–Kier alpha value is -0.810. The molecule has 0 bridgehead atoms. The van der Waals surface area contributed by atoms with Crippen LogP contribution in [0.25, 0.3) is 0 Å². The fraction of sp³-hybridized carbons (Fsp3) is 0.929. The van der Waals surface area contributed by atoms with Gasteiger partial charge in [-0.3, -0.25) is 0 Å². The molecule has 2 rings (SSSR count). The monoisotopic (exact) mass is 270 g/mol. The summed E-state index contributed by atoms with van der Waals surface area (Å²) in [5.74, 6) is 1.73. The van der Waals surface area contributed by atoms with Crippen LogP contribution in [0.15, 0.2) is 0 Å². The number of alkyl carbamates (subject to hydrolysis) is 1. The lowest BCUT2D eigenvalue weighted by molar-refractivity contribution is 0.0513. The van der Waals surface area contributed by atoms with E-state index in [1.165, 1.54) is 0 Å². The first-order chi connectivity index (χ1) is 8.96. The van der Waals surface area contributed by atoms with Gasteiger partial charge in [0.1, 0.15) is 5.60 Å². The van der Waals surface area contributed by atoms with E-state index in [0.29, 0.717) is 24.3 Å². The number of nitrogens with one attached hydrogen (secondary N) is 2. The summed E-state index contributed by atoms with van der Waals surface area (Å²) >= 11 is 0. The number of carbonyl (C=O) groups excluding carboxylic acids is 1. The predicted molar refractivity (Wildman–Crippen MR) is 73.0 cm³/mol. The summed E-state index contributed by atoms with van der Waals surface area (Å²) < 4.78 is 10.7. The van der Waals surface area contributed by atoms with Gasteiger partial charge in [-0.05, 0) is 58.0 Å². The Morgan fingerprint density at radius 1 is 1.42 bits per heavy atom. The molecule has 0 aromatic carbocycles. The van der Waals surface area contributed by atoms with Gasteiger partial charge in [0.25, 0.3) is 0 Å². The maximum Gasteiger partial charge on any atom is 0.407 e. The zero-order valence-electron chi connectivity index (χ0n) is 12.2. The molecule has 0 radical (unpaired) electrons. The van der Waals surface area contributed by atoms with E-state index in [1.807, 2.05) is 20.8 Å². The van der Waals surface area contributed by atoms with Crippen molar-refractivity contribution in [1.29, 1.82) is 0 Å². The first kappa shape index (κ1) is 14.6. The van der Waals surface area contributed by atoms with Gasteiger partial charge in [-0.25, -0.2) is 4.79 Å². The van der Waals surface area contributed by atoms with Crippen molar-refractivity contribution in [2.24, 2.45) is 17.8 Å². The Bertz CT molecular complexity index is 308. The molecule has 19 heavy (non-hydrogen) atoms. The van der Waals surface area contributed by atoms with E-state index in [2.05, 4.69) is 10.6 Å². The van der Waals surface area contributed by atoms with Crippen molar-refractivity contribution >= 4 is 6.09 Å². The number of hydrogen-bond acceptors (Lipinski definition) is 4. The second-order valence-corrected chi connectivity index (χ2v) is 6.59. The third kappa shape index (κ3) is 4.35. The second kappa shape index (κ2) is 6.09. The van der Waals surface area contributed by atoms with Crippen LogP contribution < -0.4 is 10.6 Å². The lowest BCUT2D eigenvalue weighted by Crippen LogP contribution is -2.38. The number of hydrogen-bond donors (Lipinski definition) is 2. The van der Waals surface area contributed by atoms with E-state index in [9.17, 15) is 4.79 Å². The van der Waals surface area contributed by atoms with Crippen LogP contribution in [0.1, 0.15) is 27.2 Å². The highest BCUT2D eigenvalue weighted by molar-refractivity contribution is 5.67. The average Bonchev–Trinajstić information content (AvgIpc) is 2.94. The van der Waals surface area contributed by atoms with E-state index in [0.717, 1.165) is 32.7 Å². The number of amides is 1. The van der Waals surface area contributed by atoms with Crippen LogP contribution in [0, 0.1) is 17.8 Å². The SMILES string of the molecule is CC(C)(C)OC(=O)NCC1CNCC1C1CCOC1. The fourth-order valence-electron chi connectivity index (χ4n) is 2.95. The van der Waals surface area contributed by atoms with Crippen LogP contribution >= 0.6 is 0 Å². The first-order valence-corrected chi connectivity index (χ1v) is 7.21. The van der Waals surface area contributed by atoms with Gasteiger partial charge >= 0.3 is 6.09 Å². The van der Waals surface area contributed by atoms with Crippen LogP contribution in [0.3, 0.4) is 0 Å². The summed E-state index contributed by atoms with van der Waals surface area (Å²) in [7, 11) is 0. The normalized spacial score (nSPS) is 31.4. The van der Waals surface area contributed by atoms with Gasteiger partial charge in [0.2, 0.25) is 0 Å². The van der Waals surface area contributed by atoms with Crippen LogP contribution in [0.5, 0.6) is 0 Å². The molecule has 2 N–H and O–H groups in total. The second-order valence-electron chi connectivity index (χ2n) is 6.59. The molecule has 2 fully saturated rings. The highest BCUT2D eigenvalue weighted by Crippen LogP contribution is 2.30. The van der Waals surface area contributed by atoms with Gasteiger partial charge in [0.05, 0.1) is 0 Å². The standard InChI is InChI=1S/C14H26N2O3/c1-14(2,3)19-13(17)16-7-11-6-15-8-12(11)10-4-5-18-9-10/h10-12,15H,4-9H2,1-3H3,(H,16,17). The van der Waals surface area contributed by atoms with Crippen molar-refractivity contribution in [3.63, 3.8) is 0 Å². The van der Waals surface area contributed by atoms with Crippen molar-refractivity contribution < 1.29 is 14.3 Å². The zero-order chi connectivity index (χ0) is 13.9. The molecule has 0 spiro atoms. The van der Waals surface area contributed by atoms with Crippen LogP contribution in [0.2, 0.25) is 0 Å². The molecule has 5 heteroatoms. The Labute approximate surface area is 115 Å². The fourth-order valence-corrected chi connectivity index (χ4v) is 2.95. The molecule has 2 aliphatic heterocycles. The van der Waals surface area contributed by atoms with E-state index in [-0.39, 0.29) is 6.09 Å². The van der Waals surface area contributed by atoms with Crippen molar-refractivity contribution in [2.45, 2.75) is 32.8 Å². The van der Waals surface area contributed by atoms with E-state index in [4.69, 9.17) is 9.47 Å². The lowest BCUT2D eigenvalue weighted by atomic mass is 9.83. The largest absolute Gasteiger partial charge is 0.444 e.